The average molecular weight is 576 g/mol. The first kappa shape index (κ1) is 25.1. The van der Waals surface area contributed by atoms with Crippen LogP contribution in [0.5, 0.6) is 0 Å². The summed E-state index contributed by atoms with van der Waals surface area (Å²) in [6.07, 6.45) is -2.91. The number of hydrogen-bond acceptors (Lipinski definition) is 6. The SMILES string of the molecule is O=C(c1cnn(-c2cccc(F)c2)c1C(F)(F)F)N1CCC(c2nc(-c3snc(Cl)c3Cl)cs2)CC1. The Bertz CT molecular complexity index is 1430. The first-order valence-electron chi connectivity index (χ1n) is 10.6. The van der Waals surface area contributed by atoms with Gasteiger partial charge in [-0.3, -0.25) is 4.79 Å². The van der Waals surface area contributed by atoms with Crippen LogP contribution in [0.2, 0.25) is 10.2 Å². The number of carbonyl (C=O) groups is 1. The van der Waals surface area contributed by atoms with Gasteiger partial charge >= 0.3 is 6.18 Å². The third-order valence-electron chi connectivity index (χ3n) is 5.80. The Morgan fingerprint density at radius 3 is 2.56 bits per heavy atom. The molecular formula is C22H15Cl2F4N5OS2. The van der Waals surface area contributed by atoms with Crippen molar-refractivity contribution in [1.82, 2.24) is 24.0 Å². The lowest BCUT2D eigenvalue weighted by molar-refractivity contribution is -0.143. The molecule has 36 heavy (non-hydrogen) atoms. The predicted octanol–water partition coefficient (Wildman–Crippen LogP) is 6.94. The van der Waals surface area contributed by atoms with Crippen LogP contribution in [0.1, 0.15) is 39.8 Å². The highest BCUT2D eigenvalue weighted by atomic mass is 35.5. The molecule has 0 N–H and O–H groups in total. The molecule has 1 aliphatic rings. The molecule has 0 bridgehead atoms. The van der Waals surface area contributed by atoms with Crippen molar-refractivity contribution in [2.45, 2.75) is 24.9 Å². The Morgan fingerprint density at radius 1 is 1.17 bits per heavy atom. The Hall–Kier alpha value is -2.54. The van der Waals surface area contributed by atoms with Crippen molar-refractivity contribution in [3.05, 3.63) is 68.1 Å². The van der Waals surface area contributed by atoms with Crippen LogP contribution in [-0.2, 0) is 6.18 Å². The summed E-state index contributed by atoms with van der Waals surface area (Å²) < 4.78 is 60.1. The van der Waals surface area contributed by atoms with Crippen molar-refractivity contribution < 1.29 is 22.4 Å². The predicted molar refractivity (Wildman–Crippen MR) is 130 cm³/mol. The third-order valence-corrected chi connectivity index (χ3v) is 8.63. The second kappa shape index (κ2) is 9.73. The van der Waals surface area contributed by atoms with Crippen LogP contribution < -0.4 is 0 Å². The van der Waals surface area contributed by atoms with E-state index in [1.807, 2.05) is 5.38 Å². The number of halogens is 6. The van der Waals surface area contributed by atoms with Gasteiger partial charge in [-0.2, -0.15) is 22.6 Å². The fourth-order valence-electron chi connectivity index (χ4n) is 4.08. The fraction of sp³-hybridized carbons (Fsp3) is 0.273. The summed E-state index contributed by atoms with van der Waals surface area (Å²) in [6, 6.07) is 4.61. The maximum atomic E-state index is 14.0. The van der Waals surface area contributed by atoms with E-state index in [4.69, 9.17) is 23.2 Å². The molecule has 0 aliphatic carbocycles. The highest BCUT2D eigenvalue weighted by Gasteiger charge is 2.42. The van der Waals surface area contributed by atoms with Gasteiger partial charge in [-0.1, -0.05) is 29.3 Å². The summed E-state index contributed by atoms with van der Waals surface area (Å²) in [5, 5.41) is 7.04. The van der Waals surface area contributed by atoms with Gasteiger partial charge in [0.25, 0.3) is 5.91 Å². The highest BCUT2D eigenvalue weighted by Crippen LogP contribution is 2.40. The minimum absolute atomic E-state index is 0.0482. The summed E-state index contributed by atoms with van der Waals surface area (Å²) in [6.45, 7) is 0.516. The average Bonchev–Trinajstić information content (AvgIpc) is 3.58. The molecule has 1 aliphatic heterocycles. The molecular weight excluding hydrogens is 561 g/mol. The minimum Gasteiger partial charge on any atom is -0.338 e. The van der Waals surface area contributed by atoms with Crippen LogP contribution in [0.15, 0.2) is 35.8 Å². The molecule has 5 rings (SSSR count). The molecule has 1 saturated heterocycles. The molecule has 3 aromatic heterocycles. The first-order valence-corrected chi connectivity index (χ1v) is 13.0. The van der Waals surface area contributed by atoms with Gasteiger partial charge in [-0.25, -0.2) is 14.1 Å². The van der Waals surface area contributed by atoms with E-state index in [0.29, 0.717) is 33.1 Å². The van der Waals surface area contributed by atoms with Gasteiger partial charge < -0.3 is 4.90 Å². The van der Waals surface area contributed by atoms with E-state index in [1.165, 1.54) is 28.4 Å². The van der Waals surface area contributed by atoms with Crippen LogP contribution in [0.25, 0.3) is 16.3 Å². The zero-order valence-electron chi connectivity index (χ0n) is 18.1. The van der Waals surface area contributed by atoms with E-state index in [1.54, 1.807) is 0 Å². The summed E-state index contributed by atoms with van der Waals surface area (Å²) in [5.74, 6) is -1.43. The van der Waals surface area contributed by atoms with Gasteiger partial charge in [-0.05, 0) is 42.6 Å². The van der Waals surface area contributed by atoms with Crippen LogP contribution >= 0.6 is 46.1 Å². The molecule has 188 valence electrons. The number of aromatic nitrogens is 4. The van der Waals surface area contributed by atoms with Crippen molar-refractivity contribution in [1.29, 1.82) is 0 Å². The number of nitrogens with zero attached hydrogens (tertiary/aromatic N) is 5. The monoisotopic (exact) mass is 575 g/mol. The number of hydrogen-bond donors (Lipinski definition) is 0. The molecule has 6 nitrogen and oxygen atoms in total. The van der Waals surface area contributed by atoms with E-state index in [-0.39, 0.29) is 29.8 Å². The van der Waals surface area contributed by atoms with Gasteiger partial charge in [0.05, 0.1) is 38.0 Å². The van der Waals surface area contributed by atoms with Gasteiger partial charge in [0.1, 0.15) is 5.82 Å². The van der Waals surface area contributed by atoms with E-state index in [0.717, 1.165) is 34.9 Å². The van der Waals surface area contributed by atoms with Gasteiger partial charge in [0, 0.05) is 24.4 Å². The lowest BCUT2D eigenvalue weighted by Crippen LogP contribution is -2.38. The van der Waals surface area contributed by atoms with E-state index < -0.39 is 29.2 Å². The standard InChI is InChI=1S/C22H15Cl2F4N5OS2/c23-16-17(36-31-19(16)24)15-10-35-20(30-15)11-4-6-32(7-5-11)21(34)14-9-29-33(18(14)22(26,27)28)13-3-1-2-12(25)8-13/h1-3,8-11H,4-7H2. The maximum Gasteiger partial charge on any atom is 0.434 e. The Balaban J connectivity index is 1.33. The fourth-order valence-corrected chi connectivity index (χ4v) is 6.32. The first-order chi connectivity index (χ1) is 17.1. The van der Waals surface area contributed by atoms with Crippen molar-refractivity contribution >= 4 is 52.0 Å². The summed E-state index contributed by atoms with van der Waals surface area (Å²) >= 11 is 14.7. The van der Waals surface area contributed by atoms with Crippen LogP contribution in [0, 0.1) is 5.82 Å². The topological polar surface area (TPSA) is 63.9 Å². The Labute approximate surface area is 220 Å². The minimum atomic E-state index is -4.87. The molecule has 4 aromatic rings. The lowest BCUT2D eigenvalue weighted by atomic mass is 9.97. The normalized spacial score (nSPS) is 15.0. The molecule has 4 heterocycles. The molecule has 0 spiro atoms. The number of amides is 1. The van der Waals surface area contributed by atoms with Gasteiger partial charge in [-0.15, -0.1) is 11.3 Å². The zero-order valence-corrected chi connectivity index (χ0v) is 21.2. The number of piperidine rings is 1. The summed E-state index contributed by atoms with van der Waals surface area (Å²) in [4.78, 5) is 19.8. The quantitative estimate of drug-likeness (QED) is 0.247. The molecule has 0 unspecified atom stereocenters. The van der Waals surface area contributed by atoms with Crippen LogP contribution in [0.3, 0.4) is 0 Å². The third kappa shape index (κ3) is 4.74. The molecule has 1 aromatic carbocycles. The smallest absolute Gasteiger partial charge is 0.338 e. The molecule has 0 radical (unpaired) electrons. The maximum absolute atomic E-state index is 14.0. The summed E-state index contributed by atoms with van der Waals surface area (Å²) in [5.41, 5.74) is -1.26. The summed E-state index contributed by atoms with van der Waals surface area (Å²) in [7, 11) is 0. The highest BCUT2D eigenvalue weighted by molar-refractivity contribution is 7.12. The Kier molecular flexibility index (Phi) is 6.79. The van der Waals surface area contributed by atoms with Crippen LogP contribution in [0.4, 0.5) is 17.6 Å². The van der Waals surface area contributed by atoms with Crippen molar-refractivity contribution in [3.8, 4) is 16.3 Å². The lowest BCUT2D eigenvalue weighted by Gasteiger charge is -2.31. The zero-order chi connectivity index (χ0) is 25.6. The number of benzene rings is 1. The number of likely N-dealkylation sites (tertiary alicyclic amines) is 1. The van der Waals surface area contributed by atoms with Gasteiger partial charge in [0.15, 0.2) is 10.8 Å². The Morgan fingerprint density at radius 2 is 1.92 bits per heavy atom. The largest absolute Gasteiger partial charge is 0.434 e. The number of carbonyl (C=O) groups excluding carboxylic acids is 1. The molecule has 0 saturated carbocycles. The van der Waals surface area contributed by atoms with E-state index in [2.05, 4.69) is 14.5 Å². The second-order valence-electron chi connectivity index (χ2n) is 8.05. The second-order valence-corrected chi connectivity index (χ2v) is 10.4. The van der Waals surface area contributed by atoms with E-state index >= 15 is 0 Å². The number of rotatable bonds is 4. The van der Waals surface area contributed by atoms with Crippen LogP contribution in [-0.4, -0.2) is 43.0 Å². The molecule has 1 amide bonds. The molecule has 1 fully saturated rings. The number of alkyl halides is 3. The molecule has 0 atom stereocenters. The number of thiazole rings is 1. The van der Waals surface area contributed by atoms with Gasteiger partial charge in [0.2, 0.25) is 0 Å². The van der Waals surface area contributed by atoms with Crippen molar-refractivity contribution in [3.63, 3.8) is 0 Å². The van der Waals surface area contributed by atoms with Crippen molar-refractivity contribution in [2.75, 3.05) is 13.1 Å². The van der Waals surface area contributed by atoms with Crippen molar-refractivity contribution in [2.24, 2.45) is 0 Å². The van der Waals surface area contributed by atoms with E-state index in [9.17, 15) is 22.4 Å². The molecule has 14 heteroatoms.